The average Bonchev–Trinajstić information content (AvgIpc) is 2.41. The molecule has 1 N–H and O–H groups in total. The van der Waals surface area contributed by atoms with E-state index in [1.807, 2.05) is 0 Å². The molecule has 108 valence electrons. The summed E-state index contributed by atoms with van der Waals surface area (Å²) < 4.78 is 0.621. The molecule has 2 aromatic rings. The summed E-state index contributed by atoms with van der Waals surface area (Å²) >= 11 is 8.90. The number of pyridine rings is 2. The van der Waals surface area contributed by atoms with Gasteiger partial charge in [-0.2, -0.15) is 0 Å². The molecule has 0 bridgehead atoms. The number of aromatic nitrogens is 2. The lowest BCUT2D eigenvalue weighted by Gasteiger charge is -2.08. The van der Waals surface area contributed by atoms with Crippen molar-refractivity contribution in [2.45, 2.75) is 6.92 Å². The van der Waals surface area contributed by atoms with Crippen LogP contribution in [0.3, 0.4) is 0 Å². The summed E-state index contributed by atoms with van der Waals surface area (Å²) in [4.78, 5) is 30.2. The van der Waals surface area contributed by atoms with Crippen LogP contribution in [-0.2, 0) is 0 Å². The molecule has 0 fully saturated rings. The third-order valence-corrected chi connectivity index (χ3v) is 3.24. The Balaban J connectivity index is 2.36. The number of nitrogens with one attached hydrogen (secondary N) is 1. The van der Waals surface area contributed by atoms with Crippen LogP contribution in [0.5, 0.6) is 0 Å². The highest BCUT2D eigenvalue weighted by Gasteiger charge is 2.22. The summed E-state index contributed by atoms with van der Waals surface area (Å²) in [6.07, 6.45) is 0.948. The van der Waals surface area contributed by atoms with Gasteiger partial charge < -0.3 is 5.32 Å². The maximum absolute atomic E-state index is 12.2. The van der Waals surface area contributed by atoms with E-state index in [-0.39, 0.29) is 10.7 Å². The molecule has 21 heavy (non-hydrogen) atoms. The van der Waals surface area contributed by atoms with Crippen molar-refractivity contribution < 1.29 is 9.72 Å². The summed E-state index contributed by atoms with van der Waals surface area (Å²) in [6, 6.07) is 4.44. The highest BCUT2D eigenvalue weighted by atomic mass is 79.9. The first-order chi connectivity index (χ1) is 9.88. The van der Waals surface area contributed by atoms with Crippen LogP contribution in [0.2, 0.25) is 5.15 Å². The van der Waals surface area contributed by atoms with E-state index in [4.69, 9.17) is 11.6 Å². The number of anilines is 1. The number of aryl methyl sites for hydroxylation is 1. The summed E-state index contributed by atoms with van der Waals surface area (Å²) in [5.41, 5.74) is 0.438. The molecule has 9 heteroatoms. The molecule has 0 aliphatic rings. The van der Waals surface area contributed by atoms with E-state index in [1.165, 1.54) is 0 Å². The van der Waals surface area contributed by atoms with Crippen LogP contribution in [0.4, 0.5) is 11.4 Å². The Labute approximate surface area is 132 Å². The molecular weight excluding hydrogens is 364 g/mol. The van der Waals surface area contributed by atoms with Crippen LogP contribution in [0, 0.1) is 17.0 Å². The van der Waals surface area contributed by atoms with Crippen LogP contribution in [0.15, 0.2) is 29.0 Å². The smallest absolute Gasteiger partial charge is 0.300 e. The number of amides is 1. The normalized spacial score (nSPS) is 10.2. The predicted molar refractivity (Wildman–Crippen MR) is 80.5 cm³/mol. The maximum atomic E-state index is 12.2. The highest BCUT2D eigenvalue weighted by Crippen LogP contribution is 2.23. The molecule has 2 heterocycles. The summed E-state index contributed by atoms with van der Waals surface area (Å²) in [5, 5.41) is 13.5. The van der Waals surface area contributed by atoms with Crippen molar-refractivity contribution >= 4 is 44.8 Å². The Morgan fingerprint density at radius 2 is 2.19 bits per heavy atom. The van der Waals surface area contributed by atoms with E-state index in [0.717, 1.165) is 12.3 Å². The second kappa shape index (κ2) is 6.15. The minimum atomic E-state index is -0.690. The van der Waals surface area contributed by atoms with E-state index < -0.39 is 16.5 Å². The van der Waals surface area contributed by atoms with Gasteiger partial charge in [0.05, 0.1) is 16.3 Å². The van der Waals surface area contributed by atoms with E-state index in [2.05, 4.69) is 31.2 Å². The van der Waals surface area contributed by atoms with E-state index in [9.17, 15) is 14.9 Å². The molecule has 0 saturated carbocycles. The number of carbonyl (C=O) groups excluding carboxylic acids is 1. The van der Waals surface area contributed by atoms with Crippen molar-refractivity contribution in [3.8, 4) is 0 Å². The van der Waals surface area contributed by atoms with Gasteiger partial charge in [0.2, 0.25) is 0 Å². The van der Waals surface area contributed by atoms with Gasteiger partial charge in [0.1, 0.15) is 21.5 Å². The van der Waals surface area contributed by atoms with E-state index in [1.54, 1.807) is 19.1 Å². The van der Waals surface area contributed by atoms with Crippen molar-refractivity contribution in [1.29, 1.82) is 0 Å². The van der Waals surface area contributed by atoms with Crippen LogP contribution in [-0.4, -0.2) is 20.8 Å². The van der Waals surface area contributed by atoms with E-state index in [0.29, 0.717) is 16.0 Å². The van der Waals surface area contributed by atoms with Gasteiger partial charge >= 0.3 is 0 Å². The minimum Gasteiger partial charge on any atom is -0.320 e. The largest absolute Gasteiger partial charge is 0.320 e. The molecule has 0 radical (unpaired) electrons. The predicted octanol–water partition coefficient (Wildman–Crippen LogP) is 3.36. The van der Waals surface area contributed by atoms with Gasteiger partial charge in [0.25, 0.3) is 11.6 Å². The average molecular weight is 372 g/mol. The summed E-state index contributed by atoms with van der Waals surface area (Å²) in [5.74, 6) is -0.654. The molecule has 1 amide bonds. The second-order valence-electron chi connectivity index (χ2n) is 4.00. The van der Waals surface area contributed by atoms with Crippen LogP contribution in [0.25, 0.3) is 0 Å². The van der Waals surface area contributed by atoms with Gasteiger partial charge in [-0.05, 0) is 41.1 Å². The second-order valence-corrected chi connectivity index (χ2v) is 5.20. The maximum Gasteiger partial charge on any atom is 0.300 e. The zero-order valence-corrected chi connectivity index (χ0v) is 13.0. The standard InChI is InChI=1S/C12H8BrClN4O3/c1-6-8(2-3-10(13)16-6)17-12(19)7-4-11(14)15-5-9(7)18(20)21/h2-5H,1H3,(H,17,19). The molecular formula is C12H8BrClN4O3. The number of nitro groups is 1. The number of carbonyl (C=O) groups is 1. The lowest BCUT2D eigenvalue weighted by atomic mass is 10.2. The minimum absolute atomic E-state index is 0.00333. The summed E-state index contributed by atoms with van der Waals surface area (Å²) in [6.45, 7) is 1.70. The van der Waals surface area contributed by atoms with Gasteiger partial charge in [0, 0.05) is 0 Å². The molecule has 0 saturated heterocycles. The number of hydrogen-bond acceptors (Lipinski definition) is 5. The molecule has 0 spiro atoms. The van der Waals surface area contributed by atoms with Gasteiger partial charge in [-0.25, -0.2) is 9.97 Å². The van der Waals surface area contributed by atoms with Crippen molar-refractivity contribution in [2.24, 2.45) is 0 Å². The molecule has 2 aromatic heterocycles. The fourth-order valence-electron chi connectivity index (χ4n) is 1.60. The number of nitrogens with zero attached hydrogens (tertiary/aromatic N) is 3. The molecule has 0 unspecified atom stereocenters. The zero-order valence-electron chi connectivity index (χ0n) is 10.6. The van der Waals surface area contributed by atoms with Gasteiger partial charge in [-0.3, -0.25) is 14.9 Å². The van der Waals surface area contributed by atoms with Crippen molar-refractivity contribution in [2.75, 3.05) is 5.32 Å². The molecule has 0 aliphatic carbocycles. The molecule has 2 rings (SSSR count). The van der Waals surface area contributed by atoms with Crippen LogP contribution >= 0.6 is 27.5 Å². The fourth-order valence-corrected chi connectivity index (χ4v) is 2.16. The first-order valence-corrected chi connectivity index (χ1v) is 6.80. The fraction of sp³-hybridized carbons (Fsp3) is 0.0833. The Hall–Kier alpha value is -2.06. The SMILES string of the molecule is Cc1nc(Br)ccc1NC(=O)c1cc(Cl)ncc1[N+](=O)[O-]. The Morgan fingerprint density at radius 3 is 2.81 bits per heavy atom. The molecule has 0 atom stereocenters. The number of hydrogen-bond donors (Lipinski definition) is 1. The molecule has 7 nitrogen and oxygen atoms in total. The van der Waals surface area contributed by atoms with E-state index >= 15 is 0 Å². The quantitative estimate of drug-likeness (QED) is 0.507. The topological polar surface area (TPSA) is 98.0 Å². The first-order valence-electron chi connectivity index (χ1n) is 5.63. The third-order valence-electron chi connectivity index (χ3n) is 2.59. The van der Waals surface area contributed by atoms with Gasteiger partial charge in [-0.1, -0.05) is 11.6 Å². The van der Waals surface area contributed by atoms with Crippen molar-refractivity contribution in [3.05, 3.63) is 55.5 Å². The van der Waals surface area contributed by atoms with Gasteiger partial charge in [0.15, 0.2) is 0 Å². The zero-order chi connectivity index (χ0) is 15.6. The van der Waals surface area contributed by atoms with Crippen molar-refractivity contribution in [1.82, 2.24) is 9.97 Å². The van der Waals surface area contributed by atoms with Crippen molar-refractivity contribution in [3.63, 3.8) is 0 Å². The third kappa shape index (κ3) is 3.53. The molecule has 0 aliphatic heterocycles. The van der Waals surface area contributed by atoms with Crippen LogP contribution in [0.1, 0.15) is 16.1 Å². The Kier molecular flexibility index (Phi) is 4.49. The monoisotopic (exact) mass is 370 g/mol. The van der Waals surface area contributed by atoms with Crippen LogP contribution < -0.4 is 5.32 Å². The lowest BCUT2D eigenvalue weighted by molar-refractivity contribution is -0.385. The highest BCUT2D eigenvalue weighted by molar-refractivity contribution is 9.10. The number of halogens is 2. The lowest BCUT2D eigenvalue weighted by Crippen LogP contribution is -2.15. The summed E-state index contributed by atoms with van der Waals surface area (Å²) in [7, 11) is 0. The number of rotatable bonds is 3. The Bertz CT molecular complexity index is 738. The van der Waals surface area contributed by atoms with Gasteiger partial charge in [-0.15, -0.1) is 0 Å². The molecule has 0 aromatic carbocycles. The Morgan fingerprint density at radius 1 is 1.48 bits per heavy atom. The first kappa shape index (κ1) is 15.3.